The number of para-hydroxylation sites is 1. The Balaban J connectivity index is 1.56. The van der Waals surface area contributed by atoms with Gasteiger partial charge in [-0.15, -0.1) is 11.3 Å². The van der Waals surface area contributed by atoms with Crippen LogP contribution in [0.1, 0.15) is 36.3 Å². The molecule has 2 aromatic rings. The van der Waals surface area contributed by atoms with Gasteiger partial charge in [-0.1, -0.05) is 12.1 Å². The number of benzene rings is 1. The Bertz CT molecular complexity index is 592. The average molecular weight is 272 g/mol. The van der Waals surface area contributed by atoms with Crippen LogP contribution in [0, 0.1) is 12.8 Å². The van der Waals surface area contributed by atoms with Crippen LogP contribution in [0.3, 0.4) is 0 Å². The van der Waals surface area contributed by atoms with E-state index >= 15 is 0 Å². The van der Waals surface area contributed by atoms with Crippen LogP contribution < -0.4 is 5.32 Å². The van der Waals surface area contributed by atoms with E-state index in [9.17, 15) is 0 Å². The molecule has 1 aromatic heterocycles. The van der Waals surface area contributed by atoms with Crippen LogP contribution in [0.15, 0.2) is 18.2 Å². The molecule has 2 nitrogen and oxygen atoms in total. The van der Waals surface area contributed by atoms with Gasteiger partial charge in [0.1, 0.15) is 0 Å². The molecule has 2 atom stereocenters. The molecule has 4 rings (SSSR count). The van der Waals surface area contributed by atoms with E-state index in [2.05, 4.69) is 30.4 Å². The Morgan fingerprint density at radius 3 is 2.79 bits per heavy atom. The van der Waals surface area contributed by atoms with Gasteiger partial charge in [-0.05, 0) is 50.2 Å². The van der Waals surface area contributed by atoms with E-state index in [1.807, 2.05) is 11.3 Å². The van der Waals surface area contributed by atoms with Gasteiger partial charge in [0.15, 0.2) is 0 Å². The van der Waals surface area contributed by atoms with Gasteiger partial charge in [-0.3, -0.25) is 0 Å². The molecule has 2 aliphatic heterocycles. The lowest BCUT2D eigenvalue weighted by atomic mass is 9.90. The first-order chi connectivity index (χ1) is 9.28. The van der Waals surface area contributed by atoms with Gasteiger partial charge in [-0.2, -0.15) is 0 Å². The Hall–Kier alpha value is -0.930. The summed E-state index contributed by atoms with van der Waals surface area (Å²) >= 11 is 1.90. The number of nitrogens with one attached hydrogen (secondary N) is 1. The molecule has 19 heavy (non-hydrogen) atoms. The first-order valence-corrected chi connectivity index (χ1v) is 8.20. The fourth-order valence-corrected chi connectivity index (χ4v) is 4.97. The zero-order valence-electron chi connectivity index (χ0n) is 11.4. The molecule has 1 aromatic carbocycles. The second kappa shape index (κ2) is 4.57. The van der Waals surface area contributed by atoms with Crippen molar-refractivity contribution in [2.24, 2.45) is 5.92 Å². The highest BCUT2D eigenvalue weighted by Gasteiger charge is 2.33. The third-order valence-electron chi connectivity index (χ3n) is 4.70. The van der Waals surface area contributed by atoms with Crippen molar-refractivity contribution >= 4 is 21.6 Å². The van der Waals surface area contributed by atoms with Crippen LogP contribution in [-0.2, 0) is 6.42 Å². The summed E-state index contributed by atoms with van der Waals surface area (Å²) in [6.07, 6.45) is 6.67. The van der Waals surface area contributed by atoms with E-state index in [-0.39, 0.29) is 0 Å². The number of fused-ring (bicyclic) bond motifs is 3. The van der Waals surface area contributed by atoms with Crippen molar-refractivity contribution in [3.05, 3.63) is 28.8 Å². The SMILES string of the molecule is Cc1cccc2sc(CC3CC4CCC(C3)N4)nc12. The summed E-state index contributed by atoms with van der Waals surface area (Å²) in [6.45, 7) is 2.16. The molecule has 2 fully saturated rings. The van der Waals surface area contributed by atoms with Crippen LogP contribution in [0.5, 0.6) is 0 Å². The topological polar surface area (TPSA) is 24.9 Å². The predicted molar refractivity (Wildman–Crippen MR) is 80.7 cm³/mol. The molecule has 100 valence electrons. The number of nitrogens with zero attached hydrogens (tertiary/aromatic N) is 1. The fourth-order valence-electron chi connectivity index (χ4n) is 3.81. The number of aryl methyl sites for hydroxylation is 1. The van der Waals surface area contributed by atoms with Crippen molar-refractivity contribution in [1.29, 1.82) is 0 Å². The Labute approximate surface area is 118 Å². The number of thiazole rings is 1. The molecule has 0 amide bonds. The van der Waals surface area contributed by atoms with Gasteiger partial charge in [-0.25, -0.2) is 4.98 Å². The predicted octanol–water partition coefficient (Wildman–Crippen LogP) is 3.68. The summed E-state index contributed by atoms with van der Waals surface area (Å²) in [6, 6.07) is 8.09. The van der Waals surface area contributed by atoms with Gasteiger partial charge in [0, 0.05) is 18.5 Å². The number of hydrogen-bond acceptors (Lipinski definition) is 3. The summed E-state index contributed by atoms with van der Waals surface area (Å²) < 4.78 is 1.35. The van der Waals surface area contributed by atoms with Crippen LogP contribution in [-0.4, -0.2) is 17.1 Å². The summed E-state index contributed by atoms with van der Waals surface area (Å²) in [7, 11) is 0. The maximum atomic E-state index is 4.87. The van der Waals surface area contributed by atoms with Gasteiger partial charge in [0.05, 0.1) is 15.2 Å². The normalized spacial score (nSPS) is 30.1. The van der Waals surface area contributed by atoms with Gasteiger partial charge in [0.2, 0.25) is 0 Å². The molecular formula is C16H20N2S. The molecule has 2 aliphatic rings. The van der Waals surface area contributed by atoms with Crippen molar-refractivity contribution in [2.45, 2.75) is 51.1 Å². The highest BCUT2D eigenvalue weighted by Crippen LogP contribution is 2.34. The van der Waals surface area contributed by atoms with E-state index in [1.165, 1.54) is 52.9 Å². The zero-order chi connectivity index (χ0) is 12.8. The minimum Gasteiger partial charge on any atom is -0.311 e. The van der Waals surface area contributed by atoms with E-state index in [0.717, 1.165) is 18.0 Å². The van der Waals surface area contributed by atoms with Gasteiger partial charge < -0.3 is 5.32 Å². The minimum absolute atomic E-state index is 0.792. The molecule has 2 unspecified atom stereocenters. The molecule has 0 spiro atoms. The first-order valence-electron chi connectivity index (χ1n) is 7.39. The first kappa shape index (κ1) is 11.9. The molecule has 0 saturated carbocycles. The van der Waals surface area contributed by atoms with Gasteiger partial charge >= 0.3 is 0 Å². The van der Waals surface area contributed by atoms with Gasteiger partial charge in [0.25, 0.3) is 0 Å². The fraction of sp³-hybridized carbons (Fsp3) is 0.562. The zero-order valence-corrected chi connectivity index (χ0v) is 12.2. The lowest BCUT2D eigenvalue weighted by molar-refractivity contribution is 0.298. The maximum Gasteiger partial charge on any atom is 0.0941 e. The molecule has 2 bridgehead atoms. The molecule has 2 saturated heterocycles. The number of piperidine rings is 1. The molecule has 3 heterocycles. The third kappa shape index (κ3) is 2.19. The largest absolute Gasteiger partial charge is 0.311 e. The average Bonchev–Trinajstić information content (AvgIpc) is 2.94. The lowest BCUT2D eigenvalue weighted by Gasteiger charge is -2.28. The minimum atomic E-state index is 0.792. The van der Waals surface area contributed by atoms with Crippen LogP contribution in [0.25, 0.3) is 10.2 Å². The monoisotopic (exact) mass is 272 g/mol. The number of hydrogen-bond donors (Lipinski definition) is 1. The maximum absolute atomic E-state index is 4.87. The van der Waals surface area contributed by atoms with Crippen LogP contribution >= 0.6 is 11.3 Å². The summed E-state index contributed by atoms with van der Waals surface area (Å²) in [4.78, 5) is 4.87. The second-order valence-electron chi connectivity index (χ2n) is 6.21. The van der Waals surface area contributed by atoms with Crippen molar-refractivity contribution in [1.82, 2.24) is 10.3 Å². The van der Waals surface area contributed by atoms with Crippen molar-refractivity contribution < 1.29 is 0 Å². The molecular weight excluding hydrogens is 252 g/mol. The van der Waals surface area contributed by atoms with Crippen LogP contribution in [0.4, 0.5) is 0 Å². The molecule has 0 aliphatic carbocycles. The van der Waals surface area contributed by atoms with E-state index in [1.54, 1.807) is 0 Å². The van der Waals surface area contributed by atoms with E-state index in [4.69, 9.17) is 4.98 Å². The molecule has 0 radical (unpaired) electrons. The Morgan fingerprint density at radius 1 is 1.26 bits per heavy atom. The molecule has 1 N–H and O–H groups in total. The summed E-state index contributed by atoms with van der Waals surface area (Å²) in [5, 5.41) is 5.07. The number of rotatable bonds is 2. The smallest absolute Gasteiger partial charge is 0.0941 e. The van der Waals surface area contributed by atoms with E-state index in [0.29, 0.717) is 0 Å². The van der Waals surface area contributed by atoms with Crippen LogP contribution in [0.2, 0.25) is 0 Å². The summed E-state index contributed by atoms with van der Waals surface area (Å²) in [5.41, 5.74) is 2.53. The standard InChI is InChI=1S/C16H20N2S/c1-10-3-2-4-14-16(10)18-15(19-14)9-11-7-12-5-6-13(8-11)17-12/h2-4,11-13,17H,5-9H2,1H3. The van der Waals surface area contributed by atoms with E-state index < -0.39 is 0 Å². The van der Waals surface area contributed by atoms with Crippen molar-refractivity contribution in [3.63, 3.8) is 0 Å². The molecule has 3 heteroatoms. The summed E-state index contributed by atoms with van der Waals surface area (Å²) in [5.74, 6) is 0.847. The third-order valence-corrected chi connectivity index (χ3v) is 5.74. The van der Waals surface area contributed by atoms with Crippen molar-refractivity contribution in [2.75, 3.05) is 0 Å². The Kier molecular flexibility index (Phi) is 2.85. The highest BCUT2D eigenvalue weighted by atomic mass is 32.1. The number of aromatic nitrogens is 1. The Morgan fingerprint density at radius 2 is 2.05 bits per heavy atom. The highest BCUT2D eigenvalue weighted by molar-refractivity contribution is 7.18. The lowest BCUT2D eigenvalue weighted by Crippen LogP contribution is -2.38. The van der Waals surface area contributed by atoms with Crippen molar-refractivity contribution in [3.8, 4) is 0 Å². The quantitative estimate of drug-likeness (QED) is 0.902. The second-order valence-corrected chi connectivity index (χ2v) is 7.32.